The molecule has 474 valence electrons. The number of aliphatic hydroxyl groups excluding tert-OH is 1. The van der Waals surface area contributed by atoms with Crippen LogP contribution in [-0.2, 0) is 71.7 Å². The minimum atomic E-state index is -1.22. The summed E-state index contributed by atoms with van der Waals surface area (Å²) in [5, 5.41) is 56.5. The SMILES string of the molecule is CCC(=O)COCCOCCNC(=O)CC[C@H](NC(=O)CCCCCCCCCCCCCCCCC(=O)O)C(=O)O.CCCOCCOCC(=O)C[C@@H](CCC(=O)C[C@@H](CCC(=O)NCCCC[C@H](NC)C(=O)CO)C(=O)O)C(=O)O. The predicted molar refractivity (Wildman–Crippen MR) is 304 cm³/mol. The van der Waals surface area contributed by atoms with E-state index in [1.54, 1.807) is 14.0 Å². The van der Waals surface area contributed by atoms with E-state index in [-0.39, 0.29) is 126 Å². The molecule has 0 bridgehead atoms. The molecule has 0 aromatic heterocycles. The Kier molecular flexibility index (Phi) is 52.8. The minimum Gasteiger partial charge on any atom is -0.481 e. The smallest absolute Gasteiger partial charge is 0.326 e. The molecule has 0 aromatic carbocycles. The first-order chi connectivity index (χ1) is 39.3. The molecule has 9 N–H and O–H groups in total. The minimum absolute atomic E-state index is 0.0137. The summed E-state index contributed by atoms with van der Waals surface area (Å²) in [5.41, 5.74) is 0. The van der Waals surface area contributed by atoms with E-state index in [4.69, 9.17) is 29.2 Å². The van der Waals surface area contributed by atoms with Crippen LogP contribution in [0.4, 0.5) is 0 Å². The number of nitrogens with one attached hydrogen (secondary N) is 4. The lowest BCUT2D eigenvalue weighted by atomic mass is 9.91. The van der Waals surface area contributed by atoms with Gasteiger partial charge in [0.1, 0.15) is 31.6 Å². The van der Waals surface area contributed by atoms with E-state index in [0.717, 1.165) is 44.9 Å². The normalized spacial score (nSPS) is 12.4. The Morgan fingerprint density at radius 2 is 0.878 bits per heavy atom. The topological polar surface area (TPSA) is 374 Å². The van der Waals surface area contributed by atoms with Crippen molar-refractivity contribution in [2.75, 3.05) is 79.6 Å². The van der Waals surface area contributed by atoms with Crippen LogP contribution in [0.3, 0.4) is 0 Å². The molecule has 0 saturated heterocycles. The first-order valence-corrected chi connectivity index (χ1v) is 29.7. The van der Waals surface area contributed by atoms with Crippen molar-refractivity contribution in [2.24, 2.45) is 11.8 Å². The number of carbonyl (C=O) groups is 11. The third kappa shape index (κ3) is 50.5. The molecule has 0 radical (unpaired) electrons. The van der Waals surface area contributed by atoms with Crippen LogP contribution < -0.4 is 21.3 Å². The third-order valence-electron chi connectivity index (χ3n) is 13.2. The average molecular weight is 1180 g/mol. The third-order valence-corrected chi connectivity index (χ3v) is 13.2. The summed E-state index contributed by atoms with van der Waals surface area (Å²) in [6, 6.07) is -1.55. The highest BCUT2D eigenvalue weighted by Crippen LogP contribution is 2.19. The van der Waals surface area contributed by atoms with Crippen LogP contribution in [0.25, 0.3) is 0 Å². The number of likely N-dealkylation sites (N-methyl/N-ethyl adjacent to an activating group) is 1. The molecular weight excluding hydrogens is 1070 g/mol. The summed E-state index contributed by atoms with van der Waals surface area (Å²) in [7, 11) is 1.62. The Morgan fingerprint density at radius 1 is 0.415 bits per heavy atom. The highest BCUT2D eigenvalue weighted by atomic mass is 16.5. The van der Waals surface area contributed by atoms with Gasteiger partial charge in [0.25, 0.3) is 0 Å². The Hall–Kier alpha value is -5.27. The molecule has 3 amide bonds. The van der Waals surface area contributed by atoms with Gasteiger partial charge in [-0.2, -0.15) is 0 Å². The van der Waals surface area contributed by atoms with E-state index in [1.807, 2.05) is 6.92 Å². The van der Waals surface area contributed by atoms with Crippen LogP contribution in [0.15, 0.2) is 0 Å². The number of carboxylic acids is 4. The number of aliphatic hydroxyl groups is 1. The quantitative estimate of drug-likeness (QED) is 0.0338. The Balaban J connectivity index is 0. The number of carbonyl (C=O) groups excluding carboxylic acids is 7. The zero-order chi connectivity index (χ0) is 61.6. The van der Waals surface area contributed by atoms with Crippen molar-refractivity contribution in [1.29, 1.82) is 0 Å². The number of hydrogen-bond acceptors (Lipinski definition) is 17. The average Bonchev–Trinajstić information content (AvgIpc) is 3.45. The lowest BCUT2D eigenvalue weighted by molar-refractivity contribution is -0.146. The number of ketones is 4. The maximum absolute atomic E-state index is 12.4. The van der Waals surface area contributed by atoms with Crippen molar-refractivity contribution < 1.29 is 97.2 Å². The van der Waals surface area contributed by atoms with E-state index >= 15 is 0 Å². The van der Waals surface area contributed by atoms with Crippen LogP contribution in [0.1, 0.15) is 200 Å². The van der Waals surface area contributed by atoms with Gasteiger partial charge in [-0.25, -0.2) is 4.79 Å². The molecule has 0 aliphatic carbocycles. The summed E-state index contributed by atoms with van der Waals surface area (Å²) in [5.74, 6) is -8.60. The molecular formula is C58H102N4O20. The van der Waals surface area contributed by atoms with Crippen LogP contribution in [0, 0.1) is 11.8 Å². The number of amides is 3. The second-order valence-electron chi connectivity index (χ2n) is 20.4. The fourth-order valence-corrected chi connectivity index (χ4v) is 8.23. The number of carboxylic acid groups (broad SMARTS) is 4. The maximum Gasteiger partial charge on any atom is 0.326 e. The molecule has 4 atom stereocenters. The molecule has 0 aromatic rings. The highest BCUT2D eigenvalue weighted by molar-refractivity contribution is 5.87. The van der Waals surface area contributed by atoms with Gasteiger partial charge in [0.05, 0.1) is 50.9 Å². The van der Waals surface area contributed by atoms with Crippen LogP contribution in [0.5, 0.6) is 0 Å². The molecule has 0 unspecified atom stereocenters. The van der Waals surface area contributed by atoms with Crippen molar-refractivity contribution in [3.63, 3.8) is 0 Å². The first kappa shape index (κ1) is 78.8. The highest BCUT2D eigenvalue weighted by Gasteiger charge is 2.26. The van der Waals surface area contributed by atoms with Gasteiger partial charge in [-0.1, -0.05) is 90.9 Å². The largest absolute Gasteiger partial charge is 0.481 e. The standard InChI is InChI=1S/C31H56N2O9.C27H46N2O11/c1-2-26(34)25-42-24-23-41-22-21-32-28(35)20-19-27(31(39)40)33-29(36)17-15-13-11-9-7-5-3-4-6-8-10-12-14-16-18-30(37)38;1-3-12-39-13-14-40-18-22(32)16-19(26(35)36)7-9-21(31)15-20(27(37)38)8-10-25(34)29-11-5-4-6-23(28-2)24(33)17-30/h27H,2-25H2,1H3,(H,32,35)(H,33,36)(H,37,38)(H,39,40);19-20,23,28,30H,3-18H2,1-2H3,(H,29,34)(H,35,36)(H,37,38)/t27-;19-,20-,23+/m01/s1. The molecule has 0 saturated carbocycles. The second kappa shape index (κ2) is 54.9. The van der Waals surface area contributed by atoms with Crippen molar-refractivity contribution in [1.82, 2.24) is 21.3 Å². The lowest BCUT2D eigenvalue weighted by Gasteiger charge is -2.14. The summed E-state index contributed by atoms with van der Waals surface area (Å²) in [4.78, 5) is 128. The van der Waals surface area contributed by atoms with Crippen LogP contribution in [-0.4, -0.2) is 182 Å². The monoisotopic (exact) mass is 1170 g/mol. The zero-order valence-electron chi connectivity index (χ0n) is 49.5. The molecule has 0 rings (SSSR count). The van der Waals surface area contributed by atoms with Gasteiger partial charge >= 0.3 is 23.9 Å². The Labute approximate surface area is 485 Å². The second-order valence-corrected chi connectivity index (χ2v) is 20.4. The van der Waals surface area contributed by atoms with E-state index in [1.165, 1.54) is 44.9 Å². The number of rotatable bonds is 58. The molecule has 0 spiro atoms. The molecule has 24 nitrogen and oxygen atoms in total. The summed E-state index contributed by atoms with van der Waals surface area (Å²) < 4.78 is 20.9. The molecule has 0 aliphatic rings. The fraction of sp³-hybridized carbons (Fsp3) is 0.810. The van der Waals surface area contributed by atoms with Gasteiger partial charge in [-0.15, -0.1) is 0 Å². The zero-order valence-corrected chi connectivity index (χ0v) is 49.5. The molecule has 0 aliphatic heterocycles. The van der Waals surface area contributed by atoms with Gasteiger partial charge in [-0.05, 0) is 64.8 Å². The van der Waals surface area contributed by atoms with Gasteiger partial charge in [0.15, 0.2) is 17.3 Å². The van der Waals surface area contributed by atoms with E-state index in [9.17, 15) is 68.1 Å². The van der Waals surface area contributed by atoms with Crippen molar-refractivity contribution >= 4 is 64.7 Å². The van der Waals surface area contributed by atoms with E-state index < -0.39 is 66.0 Å². The molecule has 0 heterocycles. The molecule has 24 heteroatoms. The molecule has 82 heavy (non-hydrogen) atoms. The van der Waals surface area contributed by atoms with E-state index in [2.05, 4.69) is 21.3 Å². The summed E-state index contributed by atoms with van der Waals surface area (Å²) in [6.45, 7) is 5.62. The predicted octanol–water partition coefficient (Wildman–Crippen LogP) is 5.54. The number of unbranched alkanes of at least 4 members (excludes halogenated alkanes) is 14. The van der Waals surface area contributed by atoms with Crippen LogP contribution in [0.2, 0.25) is 0 Å². The van der Waals surface area contributed by atoms with Crippen molar-refractivity contribution in [3.8, 4) is 0 Å². The number of ether oxygens (including phenoxy) is 4. The lowest BCUT2D eigenvalue weighted by Crippen LogP contribution is -2.41. The fourth-order valence-electron chi connectivity index (χ4n) is 8.23. The number of hydrogen-bond donors (Lipinski definition) is 9. The first-order valence-electron chi connectivity index (χ1n) is 29.7. The van der Waals surface area contributed by atoms with Gasteiger partial charge in [0, 0.05) is 71.1 Å². The Bertz CT molecular complexity index is 1800. The van der Waals surface area contributed by atoms with Crippen LogP contribution >= 0.6 is 0 Å². The van der Waals surface area contributed by atoms with E-state index in [0.29, 0.717) is 65.1 Å². The van der Waals surface area contributed by atoms with Crippen molar-refractivity contribution in [3.05, 3.63) is 0 Å². The van der Waals surface area contributed by atoms with Crippen molar-refractivity contribution in [2.45, 2.75) is 212 Å². The number of aliphatic carboxylic acids is 4. The molecule has 0 fully saturated rings. The van der Waals surface area contributed by atoms with Gasteiger partial charge in [0.2, 0.25) is 17.7 Å². The number of Topliss-reactive ketones (excluding diaryl/α,β-unsaturated/α-hetero) is 4. The summed E-state index contributed by atoms with van der Waals surface area (Å²) >= 11 is 0. The Morgan fingerprint density at radius 3 is 1.37 bits per heavy atom. The summed E-state index contributed by atoms with van der Waals surface area (Å²) in [6.07, 6.45) is 17.8. The van der Waals surface area contributed by atoms with Gasteiger partial charge < -0.3 is 65.7 Å². The van der Waals surface area contributed by atoms with Gasteiger partial charge in [-0.3, -0.25) is 47.9 Å². The maximum atomic E-state index is 12.4.